The van der Waals surface area contributed by atoms with Crippen molar-refractivity contribution in [1.29, 1.82) is 0 Å². The van der Waals surface area contributed by atoms with Crippen molar-refractivity contribution in [2.24, 2.45) is 0 Å². The standard InChI is InChI=1S/C17H22ClN3OS2/c1-19(11-15-4-5-16(18)24-15)13-17(22)21-8-6-20(7-9-21)12-14-3-2-10-23-14/h2-5,10H,6-9,11-13H2,1H3. The van der Waals surface area contributed by atoms with Crippen LogP contribution >= 0.6 is 34.3 Å². The highest BCUT2D eigenvalue weighted by Crippen LogP contribution is 2.22. The maximum Gasteiger partial charge on any atom is 0.236 e. The van der Waals surface area contributed by atoms with Crippen LogP contribution in [0.15, 0.2) is 29.6 Å². The van der Waals surface area contributed by atoms with E-state index >= 15 is 0 Å². The molecule has 0 bridgehead atoms. The summed E-state index contributed by atoms with van der Waals surface area (Å²) in [6.45, 7) is 5.77. The first-order valence-electron chi connectivity index (χ1n) is 8.05. The van der Waals surface area contributed by atoms with Crippen LogP contribution in [0.25, 0.3) is 0 Å². The van der Waals surface area contributed by atoms with Gasteiger partial charge in [-0.25, -0.2) is 0 Å². The fourth-order valence-electron chi connectivity index (χ4n) is 2.87. The monoisotopic (exact) mass is 383 g/mol. The van der Waals surface area contributed by atoms with E-state index in [-0.39, 0.29) is 5.91 Å². The molecule has 7 heteroatoms. The first-order valence-corrected chi connectivity index (χ1v) is 10.1. The Hall–Kier alpha value is -0.920. The molecule has 0 spiro atoms. The molecule has 1 amide bonds. The number of hydrogen-bond acceptors (Lipinski definition) is 5. The molecule has 4 nitrogen and oxygen atoms in total. The van der Waals surface area contributed by atoms with Crippen molar-refractivity contribution in [2.75, 3.05) is 39.8 Å². The van der Waals surface area contributed by atoms with Crippen molar-refractivity contribution in [2.45, 2.75) is 13.1 Å². The maximum atomic E-state index is 12.5. The van der Waals surface area contributed by atoms with E-state index in [4.69, 9.17) is 11.6 Å². The summed E-state index contributed by atoms with van der Waals surface area (Å²) in [6.07, 6.45) is 0. The van der Waals surface area contributed by atoms with Crippen molar-refractivity contribution in [3.63, 3.8) is 0 Å². The Kier molecular flexibility index (Phi) is 6.30. The average Bonchev–Trinajstić information content (AvgIpc) is 3.20. The summed E-state index contributed by atoms with van der Waals surface area (Å²) >= 11 is 9.33. The second-order valence-corrected chi connectivity index (χ2v) is 8.95. The predicted molar refractivity (Wildman–Crippen MR) is 102 cm³/mol. The van der Waals surface area contributed by atoms with Crippen LogP contribution in [0.5, 0.6) is 0 Å². The van der Waals surface area contributed by atoms with Crippen molar-refractivity contribution in [1.82, 2.24) is 14.7 Å². The molecular weight excluding hydrogens is 362 g/mol. The van der Waals surface area contributed by atoms with Gasteiger partial charge in [0.15, 0.2) is 0 Å². The first-order chi connectivity index (χ1) is 11.6. The lowest BCUT2D eigenvalue weighted by Crippen LogP contribution is -2.50. The van der Waals surface area contributed by atoms with Crippen LogP contribution in [0.1, 0.15) is 9.75 Å². The molecule has 130 valence electrons. The molecule has 0 N–H and O–H groups in total. The van der Waals surface area contributed by atoms with Crippen molar-refractivity contribution >= 4 is 40.2 Å². The minimum atomic E-state index is 0.218. The number of hydrogen-bond donors (Lipinski definition) is 0. The Morgan fingerprint density at radius 3 is 2.62 bits per heavy atom. The van der Waals surface area contributed by atoms with E-state index in [9.17, 15) is 4.79 Å². The Morgan fingerprint density at radius 2 is 2.00 bits per heavy atom. The van der Waals surface area contributed by atoms with Gasteiger partial charge in [-0.05, 0) is 30.6 Å². The summed E-state index contributed by atoms with van der Waals surface area (Å²) in [5.41, 5.74) is 0. The molecule has 0 unspecified atom stereocenters. The molecule has 0 saturated carbocycles. The Bertz CT molecular complexity index is 651. The minimum Gasteiger partial charge on any atom is -0.339 e. The maximum absolute atomic E-state index is 12.5. The van der Waals surface area contributed by atoms with Gasteiger partial charge in [0.2, 0.25) is 5.91 Å². The first kappa shape index (κ1) is 17.9. The van der Waals surface area contributed by atoms with Gasteiger partial charge < -0.3 is 4.90 Å². The second-order valence-electron chi connectivity index (χ2n) is 6.11. The smallest absolute Gasteiger partial charge is 0.236 e. The lowest BCUT2D eigenvalue weighted by molar-refractivity contribution is -0.134. The van der Waals surface area contributed by atoms with E-state index in [2.05, 4.69) is 27.3 Å². The Balaban J connectivity index is 1.41. The van der Waals surface area contributed by atoms with Gasteiger partial charge in [0.25, 0.3) is 0 Å². The molecule has 0 radical (unpaired) electrons. The van der Waals surface area contributed by atoms with Crippen LogP contribution in [0.3, 0.4) is 0 Å². The minimum absolute atomic E-state index is 0.218. The number of carbonyl (C=O) groups excluding carboxylic acids is 1. The lowest BCUT2D eigenvalue weighted by Gasteiger charge is -2.35. The number of thiophene rings is 2. The summed E-state index contributed by atoms with van der Waals surface area (Å²) < 4.78 is 0.798. The van der Waals surface area contributed by atoms with E-state index in [0.29, 0.717) is 6.54 Å². The zero-order chi connectivity index (χ0) is 16.9. The molecule has 2 aromatic heterocycles. The third-order valence-corrected chi connectivity index (χ3v) is 6.22. The molecule has 0 aliphatic carbocycles. The molecule has 1 aliphatic rings. The van der Waals surface area contributed by atoms with Crippen LogP contribution in [-0.2, 0) is 17.9 Å². The van der Waals surface area contributed by atoms with Crippen LogP contribution in [0, 0.1) is 0 Å². The van der Waals surface area contributed by atoms with Crippen molar-refractivity contribution in [3.8, 4) is 0 Å². The third-order valence-electron chi connectivity index (χ3n) is 4.14. The summed E-state index contributed by atoms with van der Waals surface area (Å²) in [5, 5.41) is 2.12. The normalized spacial score (nSPS) is 16.0. The highest BCUT2D eigenvalue weighted by atomic mass is 35.5. The van der Waals surface area contributed by atoms with Crippen molar-refractivity contribution in [3.05, 3.63) is 43.7 Å². The number of amides is 1. The predicted octanol–water partition coefficient (Wildman–Crippen LogP) is 3.24. The molecule has 3 rings (SSSR count). The topological polar surface area (TPSA) is 26.8 Å². The highest BCUT2D eigenvalue weighted by Gasteiger charge is 2.22. The average molecular weight is 384 g/mol. The summed E-state index contributed by atoms with van der Waals surface area (Å²) in [4.78, 5) is 21.5. The van der Waals surface area contributed by atoms with Crippen LogP contribution < -0.4 is 0 Å². The van der Waals surface area contributed by atoms with Crippen LogP contribution in [0.4, 0.5) is 0 Å². The number of likely N-dealkylation sites (N-methyl/N-ethyl adjacent to an activating group) is 1. The van der Waals surface area contributed by atoms with Gasteiger partial charge in [0, 0.05) is 49.0 Å². The summed E-state index contributed by atoms with van der Waals surface area (Å²) in [5.74, 6) is 0.218. The van der Waals surface area contributed by atoms with Gasteiger partial charge in [-0.3, -0.25) is 14.6 Å². The molecule has 3 heterocycles. The van der Waals surface area contributed by atoms with E-state index in [1.807, 2.05) is 24.1 Å². The van der Waals surface area contributed by atoms with E-state index < -0.39 is 0 Å². The Morgan fingerprint density at radius 1 is 1.21 bits per heavy atom. The number of piperazine rings is 1. The number of rotatable bonds is 6. The summed E-state index contributed by atoms with van der Waals surface area (Å²) in [6, 6.07) is 8.20. The van der Waals surface area contributed by atoms with E-state index in [0.717, 1.165) is 43.6 Å². The quantitative estimate of drug-likeness (QED) is 0.766. The van der Waals surface area contributed by atoms with Gasteiger partial charge in [-0.2, -0.15) is 0 Å². The SMILES string of the molecule is CN(CC(=O)N1CCN(Cc2cccs2)CC1)Cc1ccc(Cl)s1. The molecular formula is C17H22ClN3OS2. The van der Waals surface area contributed by atoms with Crippen LogP contribution in [0.2, 0.25) is 4.34 Å². The molecule has 24 heavy (non-hydrogen) atoms. The zero-order valence-corrected chi connectivity index (χ0v) is 16.2. The second kappa shape index (κ2) is 8.45. The molecule has 1 aliphatic heterocycles. The molecule has 1 saturated heterocycles. The number of carbonyl (C=O) groups is 1. The third kappa shape index (κ3) is 5.04. The molecule has 0 atom stereocenters. The fourth-order valence-corrected chi connectivity index (χ4v) is 4.78. The number of halogens is 1. The zero-order valence-electron chi connectivity index (χ0n) is 13.8. The van der Waals surface area contributed by atoms with Gasteiger partial charge in [0.05, 0.1) is 10.9 Å². The number of nitrogens with zero attached hydrogens (tertiary/aromatic N) is 3. The van der Waals surface area contributed by atoms with Gasteiger partial charge in [0.1, 0.15) is 0 Å². The lowest BCUT2D eigenvalue weighted by atomic mass is 10.3. The fraction of sp³-hybridized carbons (Fsp3) is 0.471. The van der Waals surface area contributed by atoms with Gasteiger partial charge in [-0.15, -0.1) is 22.7 Å². The van der Waals surface area contributed by atoms with Crippen LogP contribution in [-0.4, -0.2) is 60.4 Å². The molecule has 2 aromatic rings. The largest absolute Gasteiger partial charge is 0.339 e. The van der Waals surface area contributed by atoms with Crippen molar-refractivity contribution < 1.29 is 4.79 Å². The molecule has 0 aromatic carbocycles. The summed E-state index contributed by atoms with van der Waals surface area (Å²) in [7, 11) is 1.98. The molecule has 1 fully saturated rings. The van der Waals surface area contributed by atoms with E-state index in [1.54, 1.807) is 22.7 Å². The van der Waals surface area contributed by atoms with Gasteiger partial charge >= 0.3 is 0 Å². The van der Waals surface area contributed by atoms with E-state index in [1.165, 1.54) is 9.75 Å². The van der Waals surface area contributed by atoms with Gasteiger partial charge in [-0.1, -0.05) is 17.7 Å². The highest BCUT2D eigenvalue weighted by molar-refractivity contribution is 7.16. The Labute approximate surface area is 156 Å².